The highest BCUT2D eigenvalue weighted by Gasteiger charge is 2.33. The molecule has 2 aliphatic rings. The van der Waals surface area contributed by atoms with Crippen LogP contribution < -0.4 is 10.6 Å². The number of likely N-dealkylation sites (tertiary alicyclic amines) is 1. The molecule has 2 heterocycles. The number of para-hydroxylation sites is 2. The molecule has 2 fully saturated rings. The van der Waals surface area contributed by atoms with Gasteiger partial charge in [-0.2, -0.15) is 0 Å². The molecule has 2 saturated heterocycles. The fourth-order valence-electron chi connectivity index (χ4n) is 2.92. The summed E-state index contributed by atoms with van der Waals surface area (Å²) in [5.41, 5.74) is 7.22. The van der Waals surface area contributed by atoms with Crippen LogP contribution in [0.15, 0.2) is 24.3 Å². The van der Waals surface area contributed by atoms with E-state index in [9.17, 15) is 9.59 Å². The maximum atomic E-state index is 12.4. The molecule has 0 aromatic heterocycles. The summed E-state index contributed by atoms with van der Waals surface area (Å²) in [6, 6.07) is 7.17. The Bertz CT molecular complexity index is 554. The van der Waals surface area contributed by atoms with Gasteiger partial charge in [-0.1, -0.05) is 12.1 Å². The number of hydrogen-bond acceptors (Lipinski definition) is 3. The lowest BCUT2D eigenvalue weighted by molar-refractivity contribution is -0.130. The molecule has 3 amide bonds. The van der Waals surface area contributed by atoms with Crippen LogP contribution in [0, 0.1) is 0 Å². The number of rotatable bonds is 3. The lowest BCUT2D eigenvalue weighted by Gasteiger charge is -2.22. The van der Waals surface area contributed by atoms with Crippen LogP contribution in [-0.2, 0) is 4.79 Å². The van der Waals surface area contributed by atoms with Crippen molar-refractivity contribution < 1.29 is 9.59 Å². The summed E-state index contributed by atoms with van der Waals surface area (Å²) >= 11 is 0. The zero-order valence-corrected chi connectivity index (χ0v) is 12.0. The van der Waals surface area contributed by atoms with Crippen molar-refractivity contribution in [2.45, 2.75) is 12.8 Å². The highest BCUT2D eigenvalue weighted by Crippen LogP contribution is 2.26. The number of anilines is 2. The minimum atomic E-state index is -0.138. The third kappa shape index (κ3) is 2.66. The largest absolute Gasteiger partial charge is 0.397 e. The summed E-state index contributed by atoms with van der Waals surface area (Å²) in [7, 11) is 0. The van der Waals surface area contributed by atoms with E-state index in [4.69, 9.17) is 5.73 Å². The molecule has 2 N–H and O–H groups in total. The summed E-state index contributed by atoms with van der Waals surface area (Å²) in [5, 5.41) is 0. The van der Waals surface area contributed by atoms with Gasteiger partial charge in [-0.3, -0.25) is 9.69 Å². The number of carbonyl (C=O) groups is 2. The Hall–Kier alpha value is -2.24. The fraction of sp³-hybridized carbons (Fsp3) is 0.467. The van der Waals surface area contributed by atoms with E-state index in [1.54, 1.807) is 15.9 Å². The molecule has 112 valence electrons. The number of urea groups is 1. The smallest absolute Gasteiger partial charge is 0.325 e. The Kier molecular flexibility index (Phi) is 3.68. The molecule has 0 saturated carbocycles. The van der Waals surface area contributed by atoms with Gasteiger partial charge in [0.1, 0.15) is 6.54 Å². The van der Waals surface area contributed by atoms with Crippen LogP contribution in [0.3, 0.4) is 0 Å². The third-order valence-corrected chi connectivity index (χ3v) is 4.11. The van der Waals surface area contributed by atoms with E-state index in [0.717, 1.165) is 31.6 Å². The van der Waals surface area contributed by atoms with E-state index in [2.05, 4.69) is 0 Å². The van der Waals surface area contributed by atoms with Gasteiger partial charge < -0.3 is 15.5 Å². The van der Waals surface area contributed by atoms with E-state index in [1.807, 2.05) is 23.1 Å². The molecular formula is C15H20N4O2. The maximum Gasteiger partial charge on any atom is 0.325 e. The number of carbonyl (C=O) groups excluding carboxylic acids is 2. The van der Waals surface area contributed by atoms with E-state index < -0.39 is 0 Å². The quantitative estimate of drug-likeness (QED) is 0.848. The summed E-state index contributed by atoms with van der Waals surface area (Å²) in [6.45, 7) is 2.93. The zero-order valence-electron chi connectivity index (χ0n) is 12.0. The molecule has 6 nitrogen and oxygen atoms in total. The van der Waals surface area contributed by atoms with Crippen molar-refractivity contribution in [2.75, 3.05) is 43.4 Å². The molecule has 1 aromatic rings. The highest BCUT2D eigenvalue weighted by atomic mass is 16.2. The van der Waals surface area contributed by atoms with Gasteiger partial charge in [-0.15, -0.1) is 0 Å². The van der Waals surface area contributed by atoms with Gasteiger partial charge in [0.05, 0.1) is 11.4 Å². The highest BCUT2D eigenvalue weighted by molar-refractivity contribution is 5.98. The number of nitrogens with two attached hydrogens (primary N) is 1. The zero-order chi connectivity index (χ0) is 14.8. The SMILES string of the molecule is Nc1ccccc1N1CCN(CC(=O)N2CCCC2)C1=O. The molecule has 3 rings (SSSR count). The van der Waals surface area contributed by atoms with Crippen molar-refractivity contribution in [1.29, 1.82) is 0 Å². The molecule has 0 aliphatic carbocycles. The molecule has 0 bridgehead atoms. The minimum absolute atomic E-state index is 0.0451. The van der Waals surface area contributed by atoms with E-state index >= 15 is 0 Å². The van der Waals surface area contributed by atoms with Crippen LogP contribution in [0.25, 0.3) is 0 Å². The molecule has 21 heavy (non-hydrogen) atoms. The summed E-state index contributed by atoms with van der Waals surface area (Å²) in [4.78, 5) is 29.7. The Morgan fingerprint density at radius 1 is 1.10 bits per heavy atom. The van der Waals surface area contributed by atoms with Crippen molar-refractivity contribution >= 4 is 23.3 Å². The second-order valence-corrected chi connectivity index (χ2v) is 5.50. The predicted octanol–water partition coefficient (Wildman–Crippen LogP) is 1.13. The molecule has 0 unspecified atom stereocenters. The average Bonchev–Trinajstić information content (AvgIpc) is 3.11. The Morgan fingerprint density at radius 2 is 1.81 bits per heavy atom. The van der Waals surface area contributed by atoms with Crippen molar-refractivity contribution in [3.63, 3.8) is 0 Å². The lowest BCUT2D eigenvalue weighted by Crippen LogP contribution is -2.41. The lowest BCUT2D eigenvalue weighted by atomic mass is 10.2. The van der Waals surface area contributed by atoms with Crippen molar-refractivity contribution in [2.24, 2.45) is 0 Å². The Labute approximate surface area is 124 Å². The monoisotopic (exact) mass is 288 g/mol. The van der Waals surface area contributed by atoms with Gasteiger partial charge in [0.15, 0.2) is 0 Å². The first kappa shape index (κ1) is 13.7. The molecule has 0 spiro atoms. The molecular weight excluding hydrogens is 268 g/mol. The molecule has 2 aliphatic heterocycles. The number of benzene rings is 1. The maximum absolute atomic E-state index is 12.4. The van der Waals surface area contributed by atoms with Gasteiger partial charge in [-0.05, 0) is 25.0 Å². The fourth-order valence-corrected chi connectivity index (χ4v) is 2.92. The first-order valence-electron chi connectivity index (χ1n) is 7.35. The number of nitrogens with zero attached hydrogens (tertiary/aromatic N) is 3. The van der Waals surface area contributed by atoms with Crippen LogP contribution in [0.4, 0.5) is 16.2 Å². The van der Waals surface area contributed by atoms with Crippen molar-refractivity contribution in [3.05, 3.63) is 24.3 Å². The number of nitrogen functional groups attached to an aromatic ring is 1. The van der Waals surface area contributed by atoms with E-state index in [1.165, 1.54) is 0 Å². The summed E-state index contributed by atoms with van der Waals surface area (Å²) < 4.78 is 0. The predicted molar refractivity (Wildman–Crippen MR) is 81.0 cm³/mol. The van der Waals surface area contributed by atoms with Gasteiger partial charge >= 0.3 is 6.03 Å². The van der Waals surface area contributed by atoms with Crippen LogP contribution >= 0.6 is 0 Å². The van der Waals surface area contributed by atoms with Gasteiger partial charge in [0.25, 0.3) is 0 Å². The first-order valence-corrected chi connectivity index (χ1v) is 7.35. The first-order chi connectivity index (χ1) is 10.2. The van der Waals surface area contributed by atoms with E-state index in [0.29, 0.717) is 18.8 Å². The van der Waals surface area contributed by atoms with Crippen molar-refractivity contribution in [1.82, 2.24) is 9.80 Å². The van der Waals surface area contributed by atoms with Crippen LogP contribution in [0.5, 0.6) is 0 Å². The topological polar surface area (TPSA) is 69.9 Å². The van der Waals surface area contributed by atoms with E-state index in [-0.39, 0.29) is 18.5 Å². The second-order valence-electron chi connectivity index (χ2n) is 5.50. The molecule has 6 heteroatoms. The molecule has 0 atom stereocenters. The van der Waals surface area contributed by atoms with Crippen molar-refractivity contribution in [3.8, 4) is 0 Å². The number of amides is 3. The third-order valence-electron chi connectivity index (χ3n) is 4.11. The normalized spacial score (nSPS) is 18.7. The Morgan fingerprint density at radius 3 is 2.52 bits per heavy atom. The van der Waals surface area contributed by atoms with Crippen LogP contribution in [-0.4, -0.2) is 54.5 Å². The van der Waals surface area contributed by atoms with Crippen LogP contribution in [0.2, 0.25) is 0 Å². The summed E-state index contributed by atoms with van der Waals surface area (Å²) in [5.74, 6) is 0.0451. The minimum Gasteiger partial charge on any atom is -0.397 e. The second kappa shape index (κ2) is 5.63. The Balaban J connectivity index is 1.66. The van der Waals surface area contributed by atoms with Gasteiger partial charge in [0.2, 0.25) is 5.91 Å². The van der Waals surface area contributed by atoms with Gasteiger partial charge in [0, 0.05) is 26.2 Å². The van der Waals surface area contributed by atoms with Gasteiger partial charge in [-0.25, -0.2) is 4.79 Å². The average molecular weight is 288 g/mol. The molecule has 0 radical (unpaired) electrons. The van der Waals surface area contributed by atoms with Crippen LogP contribution in [0.1, 0.15) is 12.8 Å². The summed E-state index contributed by atoms with van der Waals surface area (Å²) in [6.07, 6.45) is 2.12. The standard InChI is InChI=1S/C15H20N4O2/c16-12-5-1-2-6-13(12)19-10-9-18(15(19)21)11-14(20)17-7-3-4-8-17/h1-2,5-6H,3-4,7-11,16H2. The number of hydrogen-bond donors (Lipinski definition) is 1. The molecule has 1 aromatic carbocycles.